The van der Waals surface area contributed by atoms with Crippen LogP contribution < -0.4 is 5.73 Å². The summed E-state index contributed by atoms with van der Waals surface area (Å²) in [4.78, 5) is 11.6. The number of carbonyl (C=O) groups is 1. The quantitative estimate of drug-likeness (QED) is 0.818. The normalized spacial score (nSPS) is 11.4. The summed E-state index contributed by atoms with van der Waals surface area (Å²) in [6.45, 7) is 7.90. The van der Waals surface area contributed by atoms with E-state index in [9.17, 15) is 4.79 Å². The van der Waals surface area contributed by atoms with Gasteiger partial charge in [-0.2, -0.15) is 0 Å². The third-order valence-electron chi connectivity index (χ3n) is 2.73. The second kappa shape index (κ2) is 4.88. The first-order valence-electron chi connectivity index (χ1n) is 5.72. The van der Waals surface area contributed by atoms with E-state index in [0.717, 1.165) is 23.1 Å². The Balaban J connectivity index is 3.19. The van der Waals surface area contributed by atoms with Gasteiger partial charge in [-0.25, -0.2) is 4.79 Å². The molecule has 1 aromatic carbocycles. The second-order valence-electron chi connectivity index (χ2n) is 5.25. The first kappa shape index (κ1) is 13.7. The molecule has 94 valence electrons. The van der Waals surface area contributed by atoms with Gasteiger partial charge in [0, 0.05) is 5.54 Å². The van der Waals surface area contributed by atoms with Gasteiger partial charge in [-0.1, -0.05) is 6.07 Å². The lowest BCUT2D eigenvalue weighted by molar-refractivity contribution is 0.0599. The fraction of sp³-hybridized carbons (Fsp3) is 0.500. The van der Waals surface area contributed by atoms with Gasteiger partial charge < -0.3 is 10.5 Å². The Morgan fingerprint density at radius 3 is 2.35 bits per heavy atom. The zero-order valence-corrected chi connectivity index (χ0v) is 11.3. The molecule has 3 heteroatoms. The van der Waals surface area contributed by atoms with Crippen LogP contribution in [0.3, 0.4) is 0 Å². The van der Waals surface area contributed by atoms with Gasteiger partial charge in [0.25, 0.3) is 0 Å². The molecule has 0 spiro atoms. The van der Waals surface area contributed by atoms with Gasteiger partial charge >= 0.3 is 5.97 Å². The minimum Gasteiger partial charge on any atom is -0.465 e. The van der Waals surface area contributed by atoms with Gasteiger partial charge in [-0.05, 0) is 56.9 Å². The highest BCUT2D eigenvalue weighted by Gasteiger charge is 2.17. The molecule has 0 atom stereocenters. The van der Waals surface area contributed by atoms with Crippen molar-refractivity contribution >= 4 is 5.97 Å². The van der Waals surface area contributed by atoms with Crippen LogP contribution in [0.2, 0.25) is 0 Å². The maximum Gasteiger partial charge on any atom is 0.338 e. The average Bonchev–Trinajstić information content (AvgIpc) is 2.19. The molecular formula is C14H21NO2. The Morgan fingerprint density at radius 2 is 1.88 bits per heavy atom. The van der Waals surface area contributed by atoms with Crippen molar-refractivity contribution < 1.29 is 9.53 Å². The lowest BCUT2D eigenvalue weighted by Crippen LogP contribution is -2.34. The highest BCUT2D eigenvalue weighted by Crippen LogP contribution is 2.20. The maximum absolute atomic E-state index is 11.6. The summed E-state index contributed by atoms with van der Waals surface area (Å²) < 4.78 is 4.77. The summed E-state index contributed by atoms with van der Waals surface area (Å²) in [5.41, 5.74) is 9.55. The summed E-state index contributed by atoms with van der Waals surface area (Å²) in [7, 11) is 1.40. The zero-order chi connectivity index (χ0) is 13.2. The maximum atomic E-state index is 11.6. The topological polar surface area (TPSA) is 52.3 Å². The predicted molar refractivity (Wildman–Crippen MR) is 69.2 cm³/mol. The highest BCUT2D eigenvalue weighted by molar-refractivity contribution is 5.91. The molecule has 0 fully saturated rings. The monoisotopic (exact) mass is 235 g/mol. The lowest BCUT2D eigenvalue weighted by atomic mass is 9.90. The minimum absolute atomic E-state index is 0.284. The van der Waals surface area contributed by atoms with Crippen molar-refractivity contribution in [2.75, 3.05) is 7.11 Å². The van der Waals surface area contributed by atoms with Crippen molar-refractivity contribution in [2.24, 2.45) is 5.73 Å². The SMILES string of the molecule is COC(=O)c1cc(CC(C)(C)N)c(C)cc1C. The predicted octanol–water partition coefficient (Wildman–Crippen LogP) is 2.37. The standard InChI is InChI=1S/C14H21NO2/c1-9-6-10(2)12(13(16)17-5)7-11(9)8-14(3,4)15/h6-7H,8,15H2,1-5H3. The van der Waals surface area contributed by atoms with E-state index >= 15 is 0 Å². The van der Waals surface area contributed by atoms with Crippen LogP contribution >= 0.6 is 0 Å². The molecule has 0 saturated heterocycles. The molecule has 0 radical (unpaired) electrons. The molecule has 17 heavy (non-hydrogen) atoms. The summed E-state index contributed by atoms with van der Waals surface area (Å²) >= 11 is 0. The van der Waals surface area contributed by atoms with Gasteiger partial charge in [0.1, 0.15) is 0 Å². The molecule has 1 rings (SSSR count). The van der Waals surface area contributed by atoms with Crippen molar-refractivity contribution in [2.45, 2.75) is 39.7 Å². The van der Waals surface area contributed by atoms with Crippen LogP contribution in [-0.4, -0.2) is 18.6 Å². The molecule has 1 aromatic rings. The number of benzene rings is 1. The summed E-state index contributed by atoms with van der Waals surface area (Å²) in [6, 6.07) is 3.90. The molecule has 0 aliphatic carbocycles. The smallest absolute Gasteiger partial charge is 0.338 e. The summed E-state index contributed by atoms with van der Waals surface area (Å²) in [6.07, 6.45) is 0.739. The van der Waals surface area contributed by atoms with Crippen molar-refractivity contribution in [3.05, 3.63) is 34.4 Å². The summed E-state index contributed by atoms with van der Waals surface area (Å²) in [5.74, 6) is -0.293. The first-order valence-corrected chi connectivity index (χ1v) is 5.72. The number of esters is 1. The van der Waals surface area contributed by atoms with Crippen molar-refractivity contribution in [1.82, 2.24) is 0 Å². The van der Waals surface area contributed by atoms with E-state index in [1.54, 1.807) is 0 Å². The molecule has 0 aliphatic rings. The molecule has 0 bridgehead atoms. The molecule has 0 aliphatic heterocycles. The fourth-order valence-corrected chi connectivity index (χ4v) is 1.91. The van der Waals surface area contributed by atoms with Gasteiger partial charge in [0.15, 0.2) is 0 Å². The molecule has 0 saturated carbocycles. The van der Waals surface area contributed by atoms with Gasteiger partial charge in [-0.15, -0.1) is 0 Å². The molecule has 0 unspecified atom stereocenters. The van der Waals surface area contributed by atoms with E-state index < -0.39 is 0 Å². The Labute approximate surface area is 103 Å². The van der Waals surface area contributed by atoms with Crippen molar-refractivity contribution in [3.63, 3.8) is 0 Å². The number of rotatable bonds is 3. The van der Waals surface area contributed by atoms with Crippen molar-refractivity contribution in [3.8, 4) is 0 Å². The molecular weight excluding hydrogens is 214 g/mol. The molecule has 2 N–H and O–H groups in total. The Hall–Kier alpha value is -1.35. The van der Waals surface area contributed by atoms with E-state index in [-0.39, 0.29) is 11.5 Å². The number of methoxy groups -OCH3 is 1. The Kier molecular flexibility index (Phi) is 3.94. The Bertz CT molecular complexity index is 431. The number of carbonyl (C=O) groups excluding carboxylic acids is 1. The third kappa shape index (κ3) is 3.56. The first-order chi connectivity index (χ1) is 7.74. The zero-order valence-electron chi connectivity index (χ0n) is 11.3. The number of hydrogen-bond acceptors (Lipinski definition) is 3. The minimum atomic E-state index is -0.293. The van der Waals surface area contributed by atoms with E-state index in [4.69, 9.17) is 10.5 Å². The average molecular weight is 235 g/mol. The molecule has 3 nitrogen and oxygen atoms in total. The number of hydrogen-bond donors (Lipinski definition) is 1. The molecule has 0 amide bonds. The molecule has 0 aromatic heterocycles. The third-order valence-corrected chi connectivity index (χ3v) is 2.73. The van der Waals surface area contributed by atoms with Crippen LogP contribution in [-0.2, 0) is 11.2 Å². The van der Waals surface area contributed by atoms with Gasteiger partial charge in [0.05, 0.1) is 12.7 Å². The summed E-state index contributed by atoms with van der Waals surface area (Å²) in [5, 5.41) is 0. The van der Waals surface area contributed by atoms with E-state index in [2.05, 4.69) is 0 Å². The van der Waals surface area contributed by atoms with E-state index in [1.165, 1.54) is 7.11 Å². The van der Waals surface area contributed by atoms with Crippen LogP contribution in [0.5, 0.6) is 0 Å². The lowest BCUT2D eigenvalue weighted by Gasteiger charge is -2.20. The fourth-order valence-electron chi connectivity index (χ4n) is 1.91. The largest absolute Gasteiger partial charge is 0.465 e. The number of ether oxygens (including phenoxy) is 1. The van der Waals surface area contributed by atoms with Crippen LogP contribution in [0.15, 0.2) is 12.1 Å². The van der Waals surface area contributed by atoms with E-state index in [1.807, 2.05) is 39.8 Å². The molecule has 0 heterocycles. The van der Waals surface area contributed by atoms with Gasteiger partial charge in [0.2, 0.25) is 0 Å². The van der Waals surface area contributed by atoms with Crippen LogP contribution in [0.1, 0.15) is 40.9 Å². The highest BCUT2D eigenvalue weighted by atomic mass is 16.5. The Morgan fingerprint density at radius 1 is 1.29 bits per heavy atom. The number of aryl methyl sites for hydroxylation is 2. The van der Waals surface area contributed by atoms with Crippen LogP contribution in [0.25, 0.3) is 0 Å². The van der Waals surface area contributed by atoms with Crippen molar-refractivity contribution in [1.29, 1.82) is 0 Å². The number of nitrogens with two attached hydrogens (primary N) is 1. The van der Waals surface area contributed by atoms with Crippen LogP contribution in [0, 0.1) is 13.8 Å². The van der Waals surface area contributed by atoms with E-state index in [0.29, 0.717) is 5.56 Å². The van der Waals surface area contributed by atoms with Gasteiger partial charge in [-0.3, -0.25) is 0 Å². The second-order valence-corrected chi connectivity index (χ2v) is 5.25. The van der Waals surface area contributed by atoms with Crippen LogP contribution in [0.4, 0.5) is 0 Å².